The summed E-state index contributed by atoms with van der Waals surface area (Å²) in [6.07, 6.45) is 0. The number of rotatable bonds is 5. The number of carbonyl (C=O) groups is 2. The van der Waals surface area contributed by atoms with Crippen molar-refractivity contribution >= 4 is 11.8 Å². The van der Waals surface area contributed by atoms with Crippen molar-refractivity contribution in [3.63, 3.8) is 0 Å². The first kappa shape index (κ1) is 13.9. The zero-order chi connectivity index (χ0) is 12.0. The van der Waals surface area contributed by atoms with Gasteiger partial charge in [0.1, 0.15) is 0 Å². The Balaban J connectivity index is 3.94. The molecule has 15 heavy (non-hydrogen) atoms. The van der Waals surface area contributed by atoms with Crippen molar-refractivity contribution in [3.8, 4) is 0 Å². The van der Waals surface area contributed by atoms with E-state index in [1.165, 1.54) is 11.8 Å². The van der Waals surface area contributed by atoms with E-state index in [9.17, 15) is 9.59 Å². The normalized spacial score (nSPS) is 12.4. The number of ketones is 1. The van der Waals surface area contributed by atoms with Gasteiger partial charge < -0.3 is 15.1 Å². The molecule has 0 aliphatic carbocycles. The number of hydrogen-bond acceptors (Lipinski definition) is 3. The molecule has 0 fully saturated rings. The van der Waals surface area contributed by atoms with Gasteiger partial charge in [-0.2, -0.15) is 0 Å². The van der Waals surface area contributed by atoms with Gasteiger partial charge in [-0.3, -0.25) is 4.79 Å². The van der Waals surface area contributed by atoms with Crippen LogP contribution in [0.3, 0.4) is 0 Å². The second kappa shape index (κ2) is 6.40. The smallest absolute Gasteiger partial charge is 0.317 e. The van der Waals surface area contributed by atoms with E-state index in [4.69, 9.17) is 0 Å². The second-order valence-corrected chi connectivity index (χ2v) is 3.93. The maximum atomic E-state index is 11.5. The number of urea groups is 1. The van der Waals surface area contributed by atoms with Crippen LogP contribution in [-0.4, -0.2) is 61.9 Å². The van der Waals surface area contributed by atoms with Crippen molar-refractivity contribution in [1.29, 1.82) is 0 Å². The van der Waals surface area contributed by atoms with Gasteiger partial charge >= 0.3 is 6.03 Å². The fraction of sp³-hybridized carbons (Fsp3) is 0.800. The molecule has 5 nitrogen and oxygen atoms in total. The third kappa shape index (κ3) is 5.37. The van der Waals surface area contributed by atoms with Crippen LogP contribution >= 0.6 is 0 Å². The van der Waals surface area contributed by atoms with Crippen molar-refractivity contribution in [2.75, 3.05) is 34.2 Å². The Kier molecular flexibility index (Phi) is 5.93. The number of likely N-dealkylation sites (N-methyl/N-ethyl adjacent to an activating group) is 2. The number of carbonyl (C=O) groups excluding carboxylic acids is 2. The molecule has 0 spiro atoms. The molecule has 0 rings (SSSR count). The molecule has 0 aromatic heterocycles. The monoisotopic (exact) mass is 215 g/mol. The van der Waals surface area contributed by atoms with E-state index < -0.39 is 0 Å². The average molecular weight is 215 g/mol. The van der Waals surface area contributed by atoms with Crippen LogP contribution in [0, 0.1) is 0 Å². The number of nitrogens with zero attached hydrogens (tertiary/aromatic N) is 2. The van der Waals surface area contributed by atoms with E-state index in [0.717, 1.165) is 6.54 Å². The molecule has 5 heteroatoms. The van der Waals surface area contributed by atoms with Crippen LogP contribution in [0.15, 0.2) is 0 Å². The molecule has 0 saturated carbocycles. The predicted octanol–water partition coefficient (Wildman–Crippen LogP) is 0.167. The van der Waals surface area contributed by atoms with E-state index in [-0.39, 0.29) is 17.9 Å². The summed E-state index contributed by atoms with van der Waals surface area (Å²) in [5.41, 5.74) is 0. The van der Waals surface area contributed by atoms with Gasteiger partial charge in [0.15, 0.2) is 5.78 Å². The maximum absolute atomic E-state index is 11.5. The average Bonchev–Trinajstić information content (AvgIpc) is 2.14. The third-order valence-corrected chi connectivity index (χ3v) is 2.32. The summed E-state index contributed by atoms with van der Waals surface area (Å²) in [4.78, 5) is 26.0. The SMILES string of the molecule is CC(=O)C(C)N(C)C(=O)NCCN(C)C. The van der Waals surface area contributed by atoms with Crippen LogP contribution in [0.4, 0.5) is 4.79 Å². The van der Waals surface area contributed by atoms with Crippen LogP contribution in [0.25, 0.3) is 0 Å². The lowest BCUT2D eigenvalue weighted by Gasteiger charge is -2.23. The highest BCUT2D eigenvalue weighted by Crippen LogP contribution is 1.96. The fourth-order valence-corrected chi connectivity index (χ4v) is 0.960. The van der Waals surface area contributed by atoms with E-state index >= 15 is 0 Å². The first-order valence-electron chi connectivity index (χ1n) is 5.02. The zero-order valence-corrected chi connectivity index (χ0v) is 10.2. The molecular weight excluding hydrogens is 194 g/mol. The molecule has 1 unspecified atom stereocenters. The highest BCUT2D eigenvalue weighted by Gasteiger charge is 2.18. The molecule has 0 aliphatic heterocycles. The molecule has 0 aromatic rings. The molecule has 2 amide bonds. The van der Waals surface area contributed by atoms with Gasteiger partial charge in [0.05, 0.1) is 6.04 Å². The summed E-state index contributed by atoms with van der Waals surface area (Å²) >= 11 is 0. The van der Waals surface area contributed by atoms with E-state index in [2.05, 4.69) is 5.32 Å². The van der Waals surface area contributed by atoms with Gasteiger partial charge in [0.25, 0.3) is 0 Å². The summed E-state index contributed by atoms with van der Waals surface area (Å²) < 4.78 is 0. The summed E-state index contributed by atoms with van der Waals surface area (Å²) in [6.45, 7) is 4.57. The van der Waals surface area contributed by atoms with Gasteiger partial charge in [-0.1, -0.05) is 0 Å². The highest BCUT2D eigenvalue weighted by atomic mass is 16.2. The lowest BCUT2D eigenvalue weighted by molar-refractivity contribution is -0.120. The predicted molar refractivity (Wildman–Crippen MR) is 59.9 cm³/mol. The molecule has 1 atom stereocenters. The van der Waals surface area contributed by atoms with Gasteiger partial charge in [-0.25, -0.2) is 4.79 Å². The van der Waals surface area contributed by atoms with Crippen molar-refractivity contribution in [2.45, 2.75) is 19.9 Å². The number of hydrogen-bond donors (Lipinski definition) is 1. The molecule has 0 radical (unpaired) electrons. The lowest BCUT2D eigenvalue weighted by atomic mass is 10.2. The standard InChI is InChI=1S/C10H21N3O2/c1-8(9(2)14)13(5)10(15)11-6-7-12(3)4/h8H,6-7H2,1-5H3,(H,11,15). The van der Waals surface area contributed by atoms with Crippen molar-refractivity contribution in [3.05, 3.63) is 0 Å². The van der Waals surface area contributed by atoms with Crippen LogP contribution in [-0.2, 0) is 4.79 Å². The van der Waals surface area contributed by atoms with Crippen LogP contribution in [0.2, 0.25) is 0 Å². The first-order valence-corrected chi connectivity index (χ1v) is 5.02. The Morgan fingerprint density at radius 3 is 2.20 bits per heavy atom. The fourth-order valence-electron chi connectivity index (χ4n) is 0.960. The third-order valence-electron chi connectivity index (χ3n) is 2.32. The van der Waals surface area contributed by atoms with Gasteiger partial charge in [0.2, 0.25) is 0 Å². The molecule has 88 valence electrons. The van der Waals surface area contributed by atoms with Crippen LogP contribution in [0.1, 0.15) is 13.8 Å². The van der Waals surface area contributed by atoms with Crippen LogP contribution in [0.5, 0.6) is 0 Å². The topological polar surface area (TPSA) is 52.7 Å². The molecule has 0 saturated heterocycles. The summed E-state index contributed by atoms with van der Waals surface area (Å²) in [5.74, 6) is -0.0136. The Morgan fingerprint density at radius 1 is 1.27 bits per heavy atom. The minimum atomic E-state index is -0.371. The van der Waals surface area contributed by atoms with Crippen molar-refractivity contribution in [1.82, 2.24) is 15.1 Å². The van der Waals surface area contributed by atoms with Gasteiger partial charge in [-0.05, 0) is 27.9 Å². The van der Waals surface area contributed by atoms with E-state index in [1.54, 1.807) is 14.0 Å². The zero-order valence-electron chi connectivity index (χ0n) is 10.2. The molecule has 0 heterocycles. The maximum Gasteiger partial charge on any atom is 0.317 e. The minimum absolute atomic E-state index is 0.0136. The number of amides is 2. The molecule has 0 aliphatic rings. The molecule has 0 bridgehead atoms. The van der Waals surface area contributed by atoms with Crippen molar-refractivity contribution in [2.24, 2.45) is 0 Å². The van der Waals surface area contributed by atoms with E-state index in [0.29, 0.717) is 6.54 Å². The Bertz CT molecular complexity index is 229. The molecule has 0 aromatic carbocycles. The Hall–Kier alpha value is -1.10. The first-order chi connectivity index (χ1) is 6.86. The van der Waals surface area contributed by atoms with Crippen LogP contribution < -0.4 is 5.32 Å². The van der Waals surface area contributed by atoms with Gasteiger partial charge in [-0.15, -0.1) is 0 Å². The van der Waals surface area contributed by atoms with Crippen molar-refractivity contribution < 1.29 is 9.59 Å². The summed E-state index contributed by atoms with van der Waals surface area (Å²) in [5, 5.41) is 2.74. The Morgan fingerprint density at radius 2 is 1.80 bits per heavy atom. The molecule has 1 N–H and O–H groups in total. The largest absolute Gasteiger partial charge is 0.337 e. The Labute approximate surface area is 91.4 Å². The second-order valence-electron chi connectivity index (χ2n) is 3.93. The quantitative estimate of drug-likeness (QED) is 0.711. The van der Waals surface area contributed by atoms with Gasteiger partial charge in [0, 0.05) is 20.1 Å². The minimum Gasteiger partial charge on any atom is -0.337 e. The number of nitrogens with one attached hydrogen (secondary N) is 1. The highest BCUT2D eigenvalue weighted by molar-refractivity contribution is 5.86. The summed E-state index contributed by atoms with van der Waals surface area (Å²) in [7, 11) is 5.50. The number of Topliss-reactive ketones (excluding diaryl/α,β-unsaturated/α-hetero) is 1. The summed E-state index contributed by atoms with van der Waals surface area (Å²) in [6, 6.07) is -0.580. The molecular formula is C10H21N3O2. The van der Waals surface area contributed by atoms with E-state index in [1.807, 2.05) is 19.0 Å². The lowest BCUT2D eigenvalue weighted by Crippen LogP contribution is -2.46.